The van der Waals surface area contributed by atoms with Gasteiger partial charge < -0.3 is 23.5 Å². The van der Waals surface area contributed by atoms with Gasteiger partial charge in [0, 0.05) is 44.4 Å². The molecule has 176 valence electrons. The van der Waals surface area contributed by atoms with E-state index >= 15 is 0 Å². The van der Waals surface area contributed by atoms with Crippen LogP contribution in [0.1, 0.15) is 18.4 Å². The van der Waals surface area contributed by atoms with Crippen molar-refractivity contribution in [1.29, 1.82) is 0 Å². The number of methoxy groups -OCH3 is 1. The Labute approximate surface area is 198 Å². The summed E-state index contributed by atoms with van der Waals surface area (Å²) in [6, 6.07) is 12.4. The Hall–Kier alpha value is -3.81. The Kier molecular flexibility index (Phi) is 5.73. The van der Waals surface area contributed by atoms with Gasteiger partial charge in [-0.25, -0.2) is 9.97 Å². The number of nitrogens with zero attached hydrogens (tertiary/aromatic N) is 5. The Balaban J connectivity index is 1.28. The molecule has 2 aromatic heterocycles. The molecule has 5 rings (SSSR count). The summed E-state index contributed by atoms with van der Waals surface area (Å²) >= 11 is 0. The fourth-order valence-electron chi connectivity index (χ4n) is 4.66. The van der Waals surface area contributed by atoms with E-state index in [0.29, 0.717) is 31.3 Å². The van der Waals surface area contributed by atoms with Crippen molar-refractivity contribution >= 4 is 22.6 Å². The van der Waals surface area contributed by atoms with Crippen molar-refractivity contribution in [1.82, 2.24) is 19.4 Å². The van der Waals surface area contributed by atoms with Gasteiger partial charge in [0.05, 0.1) is 36.2 Å². The van der Waals surface area contributed by atoms with Crippen molar-refractivity contribution in [3.8, 4) is 17.1 Å². The molecule has 1 aliphatic rings. The maximum absolute atomic E-state index is 13.1. The number of hydrogen-bond donors (Lipinski definition) is 0. The third-order valence-electron chi connectivity index (χ3n) is 6.47. The van der Waals surface area contributed by atoms with Crippen molar-refractivity contribution in [3.05, 3.63) is 60.4 Å². The van der Waals surface area contributed by atoms with Crippen LogP contribution in [0.2, 0.25) is 0 Å². The predicted molar refractivity (Wildman–Crippen MR) is 131 cm³/mol. The van der Waals surface area contributed by atoms with Crippen molar-refractivity contribution in [3.63, 3.8) is 0 Å². The molecule has 0 aliphatic carbocycles. The molecule has 8 nitrogen and oxygen atoms in total. The van der Waals surface area contributed by atoms with Gasteiger partial charge in [-0.3, -0.25) is 4.79 Å². The highest BCUT2D eigenvalue weighted by molar-refractivity contribution is 5.81. The number of benzene rings is 2. The highest BCUT2D eigenvalue weighted by atomic mass is 16.5. The number of anilines is 1. The van der Waals surface area contributed by atoms with Crippen LogP contribution in [-0.2, 0) is 11.3 Å². The number of piperazine rings is 1. The van der Waals surface area contributed by atoms with Crippen LogP contribution in [0.25, 0.3) is 22.4 Å². The summed E-state index contributed by atoms with van der Waals surface area (Å²) in [7, 11) is 1.66. The number of aryl methyl sites for hydroxylation is 2. The predicted octanol–water partition coefficient (Wildman–Crippen LogP) is 4.05. The summed E-state index contributed by atoms with van der Waals surface area (Å²) in [6.07, 6.45) is 3.47. The van der Waals surface area contributed by atoms with Crippen molar-refractivity contribution in [2.75, 3.05) is 31.6 Å². The number of oxazole rings is 1. The number of carbonyl (C=O) groups excluding carboxylic acids is 1. The van der Waals surface area contributed by atoms with Gasteiger partial charge in [0.15, 0.2) is 11.7 Å². The molecule has 34 heavy (non-hydrogen) atoms. The van der Waals surface area contributed by atoms with Crippen LogP contribution < -0.4 is 9.64 Å². The molecule has 0 N–H and O–H groups in total. The molecule has 3 heterocycles. The molecule has 1 fully saturated rings. The molecule has 0 saturated carbocycles. The standard InChI is InChI=1S/C26H29N5O3/c1-17-5-8-23-22(11-17)28-16-30(23)15-26(32)29-9-10-31(18(2)14-29)20-6-7-21(24(12-20)33-4)25-13-27-19(3)34-25/h5-8,11-13,16,18H,9-10,14-15H2,1-4H3/t18-/m0/s1. The van der Waals surface area contributed by atoms with Gasteiger partial charge in [-0.1, -0.05) is 6.07 Å². The first-order chi connectivity index (χ1) is 16.4. The minimum Gasteiger partial charge on any atom is -0.496 e. The zero-order chi connectivity index (χ0) is 23.8. The Bertz CT molecular complexity index is 1340. The lowest BCUT2D eigenvalue weighted by atomic mass is 10.1. The van der Waals surface area contributed by atoms with E-state index in [1.807, 2.05) is 47.6 Å². The first-order valence-corrected chi connectivity index (χ1v) is 11.5. The number of imidazole rings is 1. The second-order valence-corrected chi connectivity index (χ2v) is 8.87. The largest absolute Gasteiger partial charge is 0.496 e. The molecule has 0 bridgehead atoms. The monoisotopic (exact) mass is 459 g/mol. The molecule has 4 aromatic rings. The van der Waals surface area contributed by atoms with Crippen LogP contribution in [0, 0.1) is 13.8 Å². The lowest BCUT2D eigenvalue weighted by Gasteiger charge is -2.41. The van der Waals surface area contributed by atoms with Crippen LogP contribution >= 0.6 is 0 Å². The number of fused-ring (bicyclic) bond motifs is 1. The van der Waals surface area contributed by atoms with E-state index in [2.05, 4.69) is 33.9 Å². The summed E-state index contributed by atoms with van der Waals surface area (Å²) in [5, 5.41) is 0. The quantitative estimate of drug-likeness (QED) is 0.448. The van der Waals surface area contributed by atoms with Crippen LogP contribution in [0.4, 0.5) is 5.69 Å². The zero-order valence-corrected chi connectivity index (χ0v) is 20.0. The summed E-state index contributed by atoms with van der Waals surface area (Å²) in [5.41, 5.74) is 5.00. The van der Waals surface area contributed by atoms with Crippen LogP contribution in [-0.4, -0.2) is 58.1 Å². The van der Waals surface area contributed by atoms with E-state index in [4.69, 9.17) is 9.15 Å². The summed E-state index contributed by atoms with van der Waals surface area (Å²) < 4.78 is 13.3. The van der Waals surface area contributed by atoms with Gasteiger partial charge in [-0.15, -0.1) is 0 Å². The fraction of sp³-hybridized carbons (Fsp3) is 0.346. The number of hydrogen-bond acceptors (Lipinski definition) is 6. The van der Waals surface area contributed by atoms with E-state index in [9.17, 15) is 4.79 Å². The summed E-state index contributed by atoms with van der Waals surface area (Å²) in [4.78, 5) is 26.0. The average Bonchev–Trinajstić information content (AvgIpc) is 3.44. The van der Waals surface area contributed by atoms with E-state index in [-0.39, 0.29) is 11.9 Å². The summed E-state index contributed by atoms with van der Waals surface area (Å²) in [6.45, 7) is 8.39. The minimum absolute atomic E-state index is 0.111. The summed E-state index contributed by atoms with van der Waals surface area (Å²) in [5.74, 6) is 2.16. The SMILES string of the molecule is COc1cc(N2CCN(C(=O)Cn3cnc4cc(C)ccc43)C[C@@H]2C)ccc1-c1cnc(C)o1. The van der Waals surface area contributed by atoms with Crippen molar-refractivity contribution < 1.29 is 13.9 Å². The van der Waals surface area contributed by atoms with Gasteiger partial charge in [-0.05, 0) is 43.7 Å². The number of aromatic nitrogens is 3. The normalized spacial score (nSPS) is 16.3. The number of rotatable bonds is 5. The third-order valence-corrected chi connectivity index (χ3v) is 6.47. The van der Waals surface area contributed by atoms with E-state index < -0.39 is 0 Å². The molecule has 1 aliphatic heterocycles. The number of ether oxygens (including phenoxy) is 1. The molecule has 0 unspecified atom stereocenters. The molecule has 0 radical (unpaired) electrons. The van der Waals surface area contributed by atoms with Gasteiger partial charge in [-0.2, -0.15) is 0 Å². The first kappa shape index (κ1) is 22.0. The Morgan fingerprint density at radius 3 is 2.74 bits per heavy atom. The molecule has 2 aromatic carbocycles. The number of carbonyl (C=O) groups is 1. The van der Waals surface area contributed by atoms with Gasteiger partial charge in [0.25, 0.3) is 0 Å². The Morgan fingerprint density at radius 1 is 1.15 bits per heavy atom. The number of amides is 1. The highest BCUT2D eigenvalue weighted by Crippen LogP contribution is 2.35. The van der Waals surface area contributed by atoms with Gasteiger partial charge >= 0.3 is 0 Å². The molecule has 1 atom stereocenters. The van der Waals surface area contributed by atoms with Gasteiger partial charge in [0.1, 0.15) is 12.3 Å². The third kappa shape index (κ3) is 4.11. The molecular formula is C26H29N5O3. The average molecular weight is 460 g/mol. The van der Waals surface area contributed by atoms with Crippen molar-refractivity contribution in [2.45, 2.75) is 33.4 Å². The molecule has 0 spiro atoms. The Morgan fingerprint density at radius 2 is 2.00 bits per heavy atom. The molecule has 1 saturated heterocycles. The molecular weight excluding hydrogens is 430 g/mol. The zero-order valence-electron chi connectivity index (χ0n) is 20.0. The fourth-order valence-corrected chi connectivity index (χ4v) is 4.66. The van der Waals surface area contributed by atoms with Gasteiger partial charge in [0.2, 0.25) is 5.91 Å². The lowest BCUT2D eigenvalue weighted by molar-refractivity contribution is -0.132. The second-order valence-electron chi connectivity index (χ2n) is 8.87. The van der Waals surface area contributed by atoms with E-state index in [0.717, 1.165) is 40.1 Å². The minimum atomic E-state index is 0.111. The smallest absolute Gasteiger partial charge is 0.242 e. The molecule has 8 heteroatoms. The first-order valence-electron chi connectivity index (χ1n) is 11.5. The van der Waals surface area contributed by atoms with Crippen LogP contribution in [0.5, 0.6) is 5.75 Å². The van der Waals surface area contributed by atoms with E-state index in [1.54, 1.807) is 19.6 Å². The van der Waals surface area contributed by atoms with Crippen LogP contribution in [0.3, 0.4) is 0 Å². The maximum atomic E-state index is 13.1. The lowest BCUT2D eigenvalue weighted by Crippen LogP contribution is -2.54. The molecule has 1 amide bonds. The highest BCUT2D eigenvalue weighted by Gasteiger charge is 2.28. The van der Waals surface area contributed by atoms with Crippen molar-refractivity contribution in [2.24, 2.45) is 0 Å². The van der Waals surface area contributed by atoms with E-state index in [1.165, 1.54) is 0 Å². The van der Waals surface area contributed by atoms with Crippen LogP contribution in [0.15, 0.2) is 53.3 Å². The second kappa shape index (κ2) is 8.85. The topological polar surface area (TPSA) is 76.6 Å². The maximum Gasteiger partial charge on any atom is 0.242 e.